The van der Waals surface area contributed by atoms with Gasteiger partial charge < -0.3 is 0 Å². The molecule has 23 heavy (non-hydrogen) atoms. The fraction of sp³-hybridized carbons (Fsp3) is 0.478. The van der Waals surface area contributed by atoms with Crippen LogP contribution in [-0.4, -0.2) is 0 Å². The molecule has 2 aliphatic rings. The molecule has 2 aromatic rings. The van der Waals surface area contributed by atoms with Crippen molar-refractivity contribution in [3.05, 3.63) is 58.7 Å². The topological polar surface area (TPSA) is 0 Å². The zero-order valence-corrected chi connectivity index (χ0v) is 14.9. The highest BCUT2D eigenvalue weighted by molar-refractivity contribution is 5.81. The van der Waals surface area contributed by atoms with E-state index in [4.69, 9.17) is 0 Å². The standard InChI is InChI=1S/C23H28/c1-15-5-8-17(9-6-15)18-10-12-20-19-11-7-16(2)13-21(19)23(3,4)22(20)14-18/h7,10-15,17H,5-6,8-9H2,1-4H3. The van der Waals surface area contributed by atoms with Crippen LogP contribution in [0.1, 0.15) is 74.6 Å². The summed E-state index contributed by atoms with van der Waals surface area (Å²) in [7, 11) is 0. The Balaban J connectivity index is 1.76. The van der Waals surface area contributed by atoms with Crippen molar-refractivity contribution in [3.8, 4) is 11.1 Å². The van der Waals surface area contributed by atoms with E-state index < -0.39 is 0 Å². The summed E-state index contributed by atoms with van der Waals surface area (Å²) in [6, 6.07) is 14.3. The molecule has 0 amide bonds. The summed E-state index contributed by atoms with van der Waals surface area (Å²) in [6.45, 7) is 9.39. The van der Waals surface area contributed by atoms with Crippen LogP contribution in [0, 0.1) is 12.8 Å². The number of benzene rings is 2. The second kappa shape index (κ2) is 5.23. The van der Waals surface area contributed by atoms with E-state index >= 15 is 0 Å². The van der Waals surface area contributed by atoms with E-state index in [0.29, 0.717) is 0 Å². The Labute approximate surface area is 140 Å². The molecule has 2 aromatic carbocycles. The third-order valence-electron chi connectivity index (χ3n) is 6.34. The molecule has 0 nitrogen and oxygen atoms in total. The van der Waals surface area contributed by atoms with Crippen molar-refractivity contribution in [1.29, 1.82) is 0 Å². The second-order valence-electron chi connectivity index (χ2n) is 8.44. The van der Waals surface area contributed by atoms with Gasteiger partial charge in [-0.05, 0) is 59.4 Å². The Kier molecular flexibility index (Phi) is 3.41. The molecule has 0 N–H and O–H groups in total. The van der Waals surface area contributed by atoms with Crippen LogP contribution in [0.15, 0.2) is 36.4 Å². The molecule has 0 atom stereocenters. The molecule has 0 aromatic heterocycles. The molecule has 2 aliphatic carbocycles. The van der Waals surface area contributed by atoms with Gasteiger partial charge in [0.15, 0.2) is 0 Å². The van der Waals surface area contributed by atoms with Gasteiger partial charge in [-0.25, -0.2) is 0 Å². The number of hydrogen-bond donors (Lipinski definition) is 0. The maximum absolute atomic E-state index is 2.53. The van der Waals surface area contributed by atoms with Crippen LogP contribution in [0.5, 0.6) is 0 Å². The predicted octanol–water partition coefficient (Wildman–Crippen LogP) is 6.60. The van der Waals surface area contributed by atoms with Gasteiger partial charge in [-0.15, -0.1) is 0 Å². The minimum absolute atomic E-state index is 0.134. The highest BCUT2D eigenvalue weighted by Gasteiger charge is 2.36. The average molecular weight is 304 g/mol. The smallest absolute Gasteiger partial charge is 0.0159 e. The summed E-state index contributed by atoms with van der Waals surface area (Å²) < 4.78 is 0. The molecular formula is C23H28. The van der Waals surface area contributed by atoms with Gasteiger partial charge >= 0.3 is 0 Å². The fourth-order valence-corrected chi connectivity index (χ4v) is 4.72. The first kappa shape index (κ1) is 15.0. The van der Waals surface area contributed by atoms with Gasteiger partial charge in [-0.1, -0.05) is 75.6 Å². The van der Waals surface area contributed by atoms with E-state index in [1.54, 1.807) is 5.56 Å². The van der Waals surface area contributed by atoms with Crippen molar-refractivity contribution in [2.45, 2.75) is 64.7 Å². The van der Waals surface area contributed by atoms with Gasteiger partial charge in [-0.2, -0.15) is 0 Å². The van der Waals surface area contributed by atoms with Crippen molar-refractivity contribution in [2.75, 3.05) is 0 Å². The molecule has 1 saturated carbocycles. The molecule has 1 fully saturated rings. The summed E-state index contributed by atoms with van der Waals surface area (Å²) in [5, 5.41) is 0. The zero-order valence-electron chi connectivity index (χ0n) is 14.9. The van der Waals surface area contributed by atoms with Crippen molar-refractivity contribution < 1.29 is 0 Å². The SMILES string of the molecule is Cc1ccc2c(c1)C(C)(C)c1cc(C3CCC(C)CC3)ccc1-2. The lowest BCUT2D eigenvalue weighted by Crippen LogP contribution is -2.16. The van der Waals surface area contributed by atoms with Gasteiger partial charge in [0.05, 0.1) is 0 Å². The summed E-state index contributed by atoms with van der Waals surface area (Å²) >= 11 is 0. The summed E-state index contributed by atoms with van der Waals surface area (Å²) in [6.07, 6.45) is 5.52. The minimum Gasteiger partial charge on any atom is -0.0625 e. The van der Waals surface area contributed by atoms with Gasteiger partial charge in [0.2, 0.25) is 0 Å². The largest absolute Gasteiger partial charge is 0.0625 e. The summed E-state index contributed by atoms with van der Waals surface area (Å²) in [5.74, 6) is 1.70. The Bertz CT molecular complexity index is 743. The molecule has 0 heteroatoms. The third kappa shape index (κ3) is 2.35. The van der Waals surface area contributed by atoms with Crippen LogP contribution in [0.25, 0.3) is 11.1 Å². The molecule has 0 heterocycles. The lowest BCUT2D eigenvalue weighted by Gasteiger charge is -2.28. The highest BCUT2D eigenvalue weighted by Crippen LogP contribution is 2.50. The van der Waals surface area contributed by atoms with Crippen LogP contribution in [0.4, 0.5) is 0 Å². The van der Waals surface area contributed by atoms with E-state index in [9.17, 15) is 0 Å². The summed E-state index contributed by atoms with van der Waals surface area (Å²) in [5.41, 5.74) is 9.02. The number of hydrogen-bond acceptors (Lipinski definition) is 0. The molecule has 0 radical (unpaired) electrons. The molecule has 4 rings (SSSR count). The molecule has 0 unspecified atom stereocenters. The van der Waals surface area contributed by atoms with Crippen LogP contribution in [0.2, 0.25) is 0 Å². The first-order valence-electron chi connectivity index (χ1n) is 9.23. The number of fused-ring (bicyclic) bond motifs is 3. The molecule has 0 saturated heterocycles. The first-order chi connectivity index (χ1) is 11.0. The monoisotopic (exact) mass is 304 g/mol. The lowest BCUT2D eigenvalue weighted by molar-refractivity contribution is 0.348. The van der Waals surface area contributed by atoms with Crippen molar-refractivity contribution in [2.24, 2.45) is 5.92 Å². The van der Waals surface area contributed by atoms with Gasteiger partial charge in [-0.3, -0.25) is 0 Å². The lowest BCUT2D eigenvalue weighted by atomic mass is 9.77. The van der Waals surface area contributed by atoms with Gasteiger partial charge in [0.25, 0.3) is 0 Å². The van der Waals surface area contributed by atoms with Crippen LogP contribution in [0.3, 0.4) is 0 Å². The third-order valence-corrected chi connectivity index (χ3v) is 6.34. The Hall–Kier alpha value is -1.56. The molecule has 0 bridgehead atoms. The van der Waals surface area contributed by atoms with Crippen molar-refractivity contribution in [1.82, 2.24) is 0 Å². The van der Waals surface area contributed by atoms with Gasteiger partial charge in [0.1, 0.15) is 0 Å². The van der Waals surface area contributed by atoms with Crippen molar-refractivity contribution >= 4 is 0 Å². The van der Waals surface area contributed by atoms with Crippen LogP contribution < -0.4 is 0 Å². The Morgan fingerprint density at radius 2 is 1.43 bits per heavy atom. The molecule has 0 aliphatic heterocycles. The number of rotatable bonds is 1. The van der Waals surface area contributed by atoms with E-state index in [2.05, 4.69) is 64.1 Å². The highest BCUT2D eigenvalue weighted by atomic mass is 14.4. The van der Waals surface area contributed by atoms with Gasteiger partial charge in [0, 0.05) is 5.41 Å². The molecule has 0 spiro atoms. The van der Waals surface area contributed by atoms with Crippen LogP contribution in [-0.2, 0) is 5.41 Å². The normalized spacial score (nSPS) is 25.0. The molecular weight excluding hydrogens is 276 g/mol. The maximum atomic E-state index is 2.53. The van der Waals surface area contributed by atoms with Crippen molar-refractivity contribution in [3.63, 3.8) is 0 Å². The van der Waals surface area contributed by atoms with E-state index in [0.717, 1.165) is 11.8 Å². The Morgan fingerprint density at radius 1 is 0.826 bits per heavy atom. The number of aryl methyl sites for hydroxylation is 1. The first-order valence-corrected chi connectivity index (χ1v) is 9.23. The molecule has 120 valence electrons. The second-order valence-corrected chi connectivity index (χ2v) is 8.44. The Morgan fingerprint density at radius 3 is 2.13 bits per heavy atom. The van der Waals surface area contributed by atoms with E-state index in [1.165, 1.54) is 53.5 Å². The minimum atomic E-state index is 0.134. The zero-order chi connectivity index (χ0) is 16.2. The van der Waals surface area contributed by atoms with E-state index in [1.807, 2.05) is 0 Å². The van der Waals surface area contributed by atoms with E-state index in [-0.39, 0.29) is 5.41 Å². The summed E-state index contributed by atoms with van der Waals surface area (Å²) in [4.78, 5) is 0. The van der Waals surface area contributed by atoms with Crippen LogP contribution >= 0.6 is 0 Å². The average Bonchev–Trinajstić information content (AvgIpc) is 2.76. The predicted molar refractivity (Wildman–Crippen MR) is 99.1 cm³/mol. The fourth-order valence-electron chi connectivity index (χ4n) is 4.72. The quantitative estimate of drug-likeness (QED) is 0.557. The maximum Gasteiger partial charge on any atom is 0.0159 e.